The summed E-state index contributed by atoms with van der Waals surface area (Å²) >= 11 is 0. The Bertz CT molecular complexity index is 1350. The first kappa shape index (κ1) is 50.3. The van der Waals surface area contributed by atoms with Crippen LogP contribution in [0.25, 0.3) is 0 Å². The molecule has 20 N–H and O–H groups in total. The van der Waals surface area contributed by atoms with Crippen LogP contribution in [0.4, 0.5) is 0 Å². The van der Waals surface area contributed by atoms with Crippen LogP contribution in [0, 0.1) is 0 Å². The first-order chi connectivity index (χ1) is 26.5. The molecule has 318 valence electrons. The van der Waals surface area contributed by atoms with E-state index in [1.54, 1.807) is 0 Å². The smallest absolute Gasteiger partial charge is 0.322 e. The number of nitrogens with zero attached hydrogens (tertiary/aromatic N) is 1. The fourth-order valence-electron chi connectivity index (χ4n) is 4.52. The van der Waals surface area contributed by atoms with Crippen LogP contribution in [0.3, 0.4) is 0 Å². The van der Waals surface area contributed by atoms with Crippen LogP contribution in [0.15, 0.2) is 4.99 Å². The lowest BCUT2D eigenvalue weighted by Crippen LogP contribution is -2.54. The van der Waals surface area contributed by atoms with Crippen molar-refractivity contribution < 1.29 is 53.4 Å². The zero-order valence-corrected chi connectivity index (χ0v) is 31.2. The van der Waals surface area contributed by atoms with Gasteiger partial charge in [0.25, 0.3) is 0 Å². The molecule has 0 aromatic heterocycles. The maximum Gasteiger partial charge on any atom is 0.322 e. The number of amides is 8. The number of nitrogens with one attached hydrogen (secondary N) is 8. The fourth-order valence-corrected chi connectivity index (χ4v) is 4.52. The number of aliphatic hydroxyl groups is 1. The van der Waals surface area contributed by atoms with E-state index in [9.17, 15) is 43.2 Å². The molecule has 4 atom stereocenters. The minimum atomic E-state index is -1.28. The van der Waals surface area contributed by atoms with Gasteiger partial charge >= 0.3 is 5.97 Å². The number of unbranched alkanes of at least 4 members (excludes halogenated alkanes) is 2. The van der Waals surface area contributed by atoms with Crippen LogP contribution in [0.1, 0.15) is 51.4 Å². The number of hydrogen-bond acceptors (Lipinski definition) is 14. The largest absolute Gasteiger partial charge is 0.480 e. The predicted molar refractivity (Wildman–Crippen MR) is 199 cm³/mol. The highest BCUT2D eigenvalue weighted by Crippen LogP contribution is 2.03. The number of carboxylic acids is 1. The van der Waals surface area contributed by atoms with Crippen molar-refractivity contribution in [3.8, 4) is 0 Å². The molecule has 0 aliphatic rings. The van der Waals surface area contributed by atoms with Gasteiger partial charge in [0.2, 0.25) is 47.3 Å². The summed E-state index contributed by atoms with van der Waals surface area (Å²) in [5, 5.41) is 36.5. The number of carbonyl (C=O) groups excluding carboxylic acids is 8. The molecule has 8 amide bonds. The molecule has 0 saturated heterocycles. The Kier molecular flexibility index (Phi) is 26.7. The van der Waals surface area contributed by atoms with Gasteiger partial charge in [0, 0.05) is 6.54 Å². The highest BCUT2D eigenvalue weighted by molar-refractivity contribution is 5.95. The minimum Gasteiger partial charge on any atom is -0.480 e. The van der Waals surface area contributed by atoms with Crippen molar-refractivity contribution in [1.82, 2.24) is 42.5 Å². The molecule has 0 bridgehead atoms. The van der Waals surface area contributed by atoms with Crippen molar-refractivity contribution in [2.24, 2.45) is 33.7 Å². The van der Waals surface area contributed by atoms with Gasteiger partial charge in [-0.15, -0.1) is 0 Å². The highest BCUT2D eigenvalue weighted by Gasteiger charge is 2.25. The van der Waals surface area contributed by atoms with E-state index in [0.29, 0.717) is 38.8 Å². The molecule has 0 aliphatic heterocycles. The standard InChI is InChI=1S/C31H58N14O11/c32-9-3-1-6-19(28(54)40-12-22(47)38-13-23(48)43-20(7-2-4-10-33)30(56)42-16-26(51)52)44-25(50)15-41-29(55)21(8-5-11-37-31(35)36)45-24(49)14-39-27(53)18(34)17-46/h18-21,46H,1-17,32-34H2,(H,38,47)(H,39,53)(H,40,54)(H,41,55)(H,42,56)(H,43,48)(H,44,50)(H,45,49)(H,51,52)(H4,35,36,37)/t18-,19-,20-,21-/m0/s1. The Labute approximate surface area is 323 Å². The van der Waals surface area contributed by atoms with Gasteiger partial charge in [-0.2, -0.15) is 0 Å². The van der Waals surface area contributed by atoms with Gasteiger partial charge in [-0.25, -0.2) is 0 Å². The van der Waals surface area contributed by atoms with E-state index in [-0.39, 0.29) is 38.2 Å². The van der Waals surface area contributed by atoms with E-state index >= 15 is 0 Å². The maximum absolute atomic E-state index is 13.0. The normalized spacial score (nSPS) is 12.6. The molecule has 0 rings (SSSR count). The van der Waals surface area contributed by atoms with Crippen LogP contribution in [-0.2, 0) is 43.2 Å². The Hall–Kier alpha value is -5.66. The highest BCUT2D eigenvalue weighted by atomic mass is 16.4. The topological polar surface area (TPSA) is 433 Å². The first-order valence-corrected chi connectivity index (χ1v) is 17.8. The molecular formula is C31H58N14O11. The molecule has 0 radical (unpaired) electrons. The summed E-state index contributed by atoms with van der Waals surface area (Å²) in [5.41, 5.74) is 27.0. The van der Waals surface area contributed by atoms with Crippen molar-refractivity contribution in [3.63, 3.8) is 0 Å². The second kappa shape index (κ2) is 29.7. The number of aliphatic hydroxyl groups excluding tert-OH is 1. The predicted octanol–water partition coefficient (Wildman–Crippen LogP) is -8.26. The maximum atomic E-state index is 13.0. The van der Waals surface area contributed by atoms with E-state index < -0.39 is 117 Å². The molecule has 0 unspecified atom stereocenters. The van der Waals surface area contributed by atoms with Gasteiger partial charge in [0.1, 0.15) is 30.7 Å². The second-order valence-electron chi connectivity index (χ2n) is 12.2. The van der Waals surface area contributed by atoms with Crippen LogP contribution in [0.2, 0.25) is 0 Å². The number of nitrogens with two attached hydrogens (primary N) is 5. The summed E-state index contributed by atoms with van der Waals surface area (Å²) in [5.74, 6) is -7.66. The summed E-state index contributed by atoms with van der Waals surface area (Å²) in [6.07, 6.45) is 2.44. The molecule has 0 heterocycles. The molecule has 56 heavy (non-hydrogen) atoms. The number of aliphatic carboxylic acids is 1. The van der Waals surface area contributed by atoms with Gasteiger partial charge in [-0.3, -0.25) is 48.1 Å². The fraction of sp³-hybridized carbons (Fsp3) is 0.677. The van der Waals surface area contributed by atoms with Crippen molar-refractivity contribution in [1.29, 1.82) is 0 Å². The van der Waals surface area contributed by atoms with E-state index in [2.05, 4.69) is 47.5 Å². The summed E-state index contributed by atoms with van der Waals surface area (Å²) in [6.45, 7) is -2.93. The van der Waals surface area contributed by atoms with E-state index in [4.69, 9.17) is 38.9 Å². The third-order valence-electron chi connectivity index (χ3n) is 7.46. The SMILES string of the molecule is NCCCC[C@H](NC(=O)CNC(=O)CNC(=O)[C@H](CCCCN)NC(=O)CNC(=O)[C@H](CCCN=C(N)N)NC(=O)CNC(=O)[C@@H](N)CO)C(=O)NCC(=O)O. The Balaban J connectivity index is 5.26. The lowest BCUT2D eigenvalue weighted by Gasteiger charge is -2.21. The van der Waals surface area contributed by atoms with Gasteiger partial charge in [0.15, 0.2) is 5.96 Å². The summed E-state index contributed by atoms with van der Waals surface area (Å²) < 4.78 is 0. The van der Waals surface area contributed by atoms with Gasteiger partial charge < -0.3 is 81.4 Å². The number of carboxylic acid groups (broad SMARTS) is 1. The van der Waals surface area contributed by atoms with Gasteiger partial charge in [0.05, 0.1) is 32.8 Å². The molecule has 0 fully saturated rings. The quantitative estimate of drug-likeness (QED) is 0.0182. The van der Waals surface area contributed by atoms with Crippen LogP contribution >= 0.6 is 0 Å². The lowest BCUT2D eigenvalue weighted by atomic mass is 10.1. The Morgan fingerprint density at radius 3 is 1.29 bits per heavy atom. The van der Waals surface area contributed by atoms with Crippen LogP contribution in [0.5, 0.6) is 0 Å². The van der Waals surface area contributed by atoms with E-state index in [0.717, 1.165) is 0 Å². The number of guanidine groups is 1. The molecule has 0 spiro atoms. The van der Waals surface area contributed by atoms with E-state index in [1.165, 1.54) is 0 Å². The van der Waals surface area contributed by atoms with E-state index in [1.807, 2.05) is 0 Å². The second-order valence-corrected chi connectivity index (χ2v) is 12.2. The Morgan fingerprint density at radius 1 is 0.518 bits per heavy atom. The number of rotatable bonds is 30. The molecule has 0 aromatic rings. The lowest BCUT2D eigenvalue weighted by molar-refractivity contribution is -0.138. The monoisotopic (exact) mass is 802 g/mol. The average molecular weight is 803 g/mol. The zero-order valence-electron chi connectivity index (χ0n) is 31.2. The van der Waals surface area contributed by atoms with Crippen molar-refractivity contribution in [3.05, 3.63) is 0 Å². The van der Waals surface area contributed by atoms with Crippen LogP contribution in [-0.4, -0.2) is 153 Å². The summed E-state index contributed by atoms with van der Waals surface area (Å²) in [7, 11) is 0. The molecule has 0 aromatic carbocycles. The van der Waals surface area contributed by atoms with Crippen molar-refractivity contribution >= 4 is 59.2 Å². The van der Waals surface area contributed by atoms with Crippen molar-refractivity contribution in [2.75, 3.05) is 59.0 Å². The summed E-state index contributed by atoms with van der Waals surface area (Å²) in [4.78, 5) is 115. The minimum absolute atomic E-state index is 0.0193. The molecule has 25 nitrogen and oxygen atoms in total. The summed E-state index contributed by atoms with van der Waals surface area (Å²) in [6, 6.07) is -4.70. The third kappa shape index (κ3) is 24.6. The third-order valence-corrected chi connectivity index (χ3v) is 7.46. The zero-order chi connectivity index (χ0) is 42.5. The van der Waals surface area contributed by atoms with Crippen LogP contribution < -0.4 is 71.2 Å². The Morgan fingerprint density at radius 2 is 0.893 bits per heavy atom. The number of hydrogen-bond donors (Lipinski definition) is 15. The molecule has 0 aliphatic carbocycles. The van der Waals surface area contributed by atoms with Gasteiger partial charge in [-0.1, -0.05) is 0 Å². The average Bonchev–Trinajstić information content (AvgIpc) is 3.16. The van der Waals surface area contributed by atoms with Crippen molar-refractivity contribution in [2.45, 2.75) is 75.5 Å². The molecular weight excluding hydrogens is 744 g/mol. The first-order valence-electron chi connectivity index (χ1n) is 17.8. The molecule has 25 heteroatoms. The molecule has 0 saturated carbocycles. The number of aliphatic imine (C=N–C) groups is 1. The van der Waals surface area contributed by atoms with Gasteiger partial charge in [-0.05, 0) is 64.5 Å². The number of carbonyl (C=O) groups is 9.